The van der Waals surface area contributed by atoms with Crippen LogP contribution in [0.5, 0.6) is 5.75 Å². The Morgan fingerprint density at radius 1 is 1.45 bits per heavy atom. The molecule has 0 aliphatic carbocycles. The van der Waals surface area contributed by atoms with E-state index in [0.717, 1.165) is 17.0 Å². The zero-order chi connectivity index (χ0) is 23.9. The predicted octanol–water partition coefficient (Wildman–Crippen LogP) is -0.0364. The number of carbonyl (C=O) groups is 3. The molecule has 12 nitrogen and oxygen atoms in total. The summed E-state index contributed by atoms with van der Waals surface area (Å²) in [5.74, 6) is -3.77. The third kappa shape index (κ3) is 4.26. The highest BCUT2D eigenvalue weighted by atomic mass is 32.2. The van der Waals surface area contributed by atoms with Crippen LogP contribution in [0, 0.1) is 5.82 Å². The number of hydrogen-bond donors (Lipinski definition) is 5. The molecule has 2 aliphatic heterocycles. The number of rotatable bonds is 7. The lowest BCUT2D eigenvalue weighted by molar-refractivity contribution is -0.150. The number of amides is 2. The van der Waals surface area contributed by atoms with Crippen molar-refractivity contribution in [1.29, 1.82) is 0 Å². The normalized spacial score (nSPS) is 21.8. The van der Waals surface area contributed by atoms with Gasteiger partial charge in [-0.15, -0.1) is 16.9 Å². The van der Waals surface area contributed by atoms with Gasteiger partial charge in [-0.1, -0.05) is 17.8 Å². The summed E-state index contributed by atoms with van der Waals surface area (Å²) in [5, 5.41) is 34.4. The molecule has 0 bridgehead atoms. The zero-order valence-electron chi connectivity index (χ0n) is 16.9. The number of carboxylic acids is 1. The first-order chi connectivity index (χ1) is 15.7. The smallest absolute Gasteiger partial charge is 0.352 e. The van der Waals surface area contributed by atoms with Crippen molar-refractivity contribution in [1.82, 2.24) is 30.8 Å². The highest BCUT2D eigenvalue weighted by molar-refractivity contribution is 8.01. The van der Waals surface area contributed by atoms with E-state index in [-0.39, 0.29) is 16.5 Å². The summed E-state index contributed by atoms with van der Waals surface area (Å²) in [6.45, 7) is 1.78. The van der Waals surface area contributed by atoms with E-state index in [1.165, 1.54) is 29.6 Å². The minimum atomic E-state index is -1.28. The first-order valence-corrected chi connectivity index (χ1v) is 11.5. The molecule has 3 heterocycles. The zero-order valence-corrected chi connectivity index (χ0v) is 18.6. The van der Waals surface area contributed by atoms with Crippen LogP contribution in [0.15, 0.2) is 34.6 Å². The van der Waals surface area contributed by atoms with Gasteiger partial charge in [0.2, 0.25) is 11.1 Å². The van der Waals surface area contributed by atoms with E-state index >= 15 is 0 Å². The number of halogens is 1. The van der Waals surface area contributed by atoms with Gasteiger partial charge in [0, 0.05) is 11.0 Å². The molecule has 6 N–H and O–H groups in total. The number of nitrogens with two attached hydrogens (primary N) is 1. The van der Waals surface area contributed by atoms with Gasteiger partial charge in [0.1, 0.15) is 23.2 Å². The number of aromatic hydroxyl groups is 1. The molecule has 2 amide bonds. The molecule has 0 spiro atoms. The number of phenols is 1. The molecule has 0 saturated carbocycles. The van der Waals surface area contributed by atoms with Crippen molar-refractivity contribution in [3.63, 3.8) is 0 Å². The fraction of sp³-hybridized carbons (Fsp3) is 0.333. The van der Waals surface area contributed by atoms with Crippen molar-refractivity contribution >= 4 is 41.3 Å². The van der Waals surface area contributed by atoms with Gasteiger partial charge >= 0.3 is 5.97 Å². The Labute approximate surface area is 194 Å². The van der Waals surface area contributed by atoms with Gasteiger partial charge in [-0.2, -0.15) is 0 Å². The van der Waals surface area contributed by atoms with E-state index in [1.807, 2.05) is 0 Å². The quantitative estimate of drug-likeness (QED) is 0.256. The Morgan fingerprint density at radius 2 is 2.21 bits per heavy atom. The van der Waals surface area contributed by atoms with Gasteiger partial charge in [0.25, 0.3) is 5.91 Å². The van der Waals surface area contributed by atoms with Crippen LogP contribution in [0.3, 0.4) is 0 Å². The number of nitrogens with zero attached hydrogens (tertiary/aromatic N) is 4. The van der Waals surface area contributed by atoms with Gasteiger partial charge in [-0.05, 0) is 40.6 Å². The van der Waals surface area contributed by atoms with Crippen molar-refractivity contribution in [2.75, 3.05) is 5.75 Å². The minimum Gasteiger partial charge on any atom is -0.505 e. The number of thioether (sulfide) groups is 2. The van der Waals surface area contributed by atoms with Crippen LogP contribution in [-0.2, 0) is 14.4 Å². The maximum absolute atomic E-state index is 13.6. The number of β-lactam (4-membered cyclic amide) rings is 1. The van der Waals surface area contributed by atoms with Crippen LogP contribution >= 0.6 is 23.5 Å². The Bertz CT molecular complexity index is 1150. The number of aromatic nitrogens is 4. The third-order valence-electron chi connectivity index (χ3n) is 5.22. The minimum absolute atomic E-state index is 0.115. The predicted molar refractivity (Wildman–Crippen MR) is 114 cm³/mol. The number of carboxylic acid groups (broad SMARTS) is 1. The van der Waals surface area contributed by atoms with E-state index in [0.29, 0.717) is 16.5 Å². The van der Waals surface area contributed by atoms with Crippen LogP contribution in [0.1, 0.15) is 18.5 Å². The van der Waals surface area contributed by atoms with Crippen molar-refractivity contribution in [2.45, 2.75) is 34.8 Å². The maximum atomic E-state index is 13.6. The van der Waals surface area contributed by atoms with Crippen LogP contribution < -0.4 is 11.1 Å². The van der Waals surface area contributed by atoms with Crippen LogP contribution in [0.4, 0.5) is 4.39 Å². The van der Waals surface area contributed by atoms with E-state index in [9.17, 15) is 29.0 Å². The van der Waals surface area contributed by atoms with Crippen molar-refractivity contribution in [3.8, 4) is 5.75 Å². The lowest BCUT2D eigenvalue weighted by atomic mass is 10.0. The lowest BCUT2D eigenvalue weighted by Crippen LogP contribution is -2.71. The molecule has 1 saturated heterocycles. The van der Waals surface area contributed by atoms with E-state index in [2.05, 4.69) is 25.9 Å². The molecular weight excluding hydrogens is 477 g/mol. The summed E-state index contributed by atoms with van der Waals surface area (Å²) in [4.78, 5) is 38.5. The Hall–Kier alpha value is -3.17. The number of fused-ring (bicyclic) bond motifs is 1. The number of H-pyrrole nitrogens is 1. The molecule has 15 heteroatoms. The molecule has 1 aromatic heterocycles. The first kappa shape index (κ1) is 23.0. The second kappa shape index (κ2) is 8.99. The summed E-state index contributed by atoms with van der Waals surface area (Å²) in [5.41, 5.74) is 6.39. The fourth-order valence-corrected chi connectivity index (χ4v) is 5.93. The van der Waals surface area contributed by atoms with E-state index in [4.69, 9.17) is 5.73 Å². The molecule has 1 fully saturated rings. The highest BCUT2D eigenvalue weighted by Crippen LogP contribution is 2.43. The summed E-state index contributed by atoms with van der Waals surface area (Å²) in [7, 11) is 0. The second-order valence-corrected chi connectivity index (χ2v) is 9.66. The van der Waals surface area contributed by atoms with E-state index in [1.54, 1.807) is 6.92 Å². The number of aromatic amines is 1. The molecule has 1 aromatic carbocycles. The molecule has 33 heavy (non-hydrogen) atoms. The Kier molecular flexibility index (Phi) is 6.27. The first-order valence-electron chi connectivity index (χ1n) is 9.54. The summed E-state index contributed by atoms with van der Waals surface area (Å²) in [6.07, 6.45) is 0. The van der Waals surface area contributed by atoms with Gasteiger partial charge in [0.15, 0.2) is 11.6 Å². The number of hydrogen-bond acceptors (Lipinski definition) is 10. The van der Waals surface area contributed by atoms with Crippen LogP contribution in [-0.4, -0.2) is 75.9 Å². The van der Waals surface area contributed by atoms with Gasteiger partial charge in [-0.3, -0.25) is 14.5 Å². The number of nitrogens with one attached hydrogen (secondary N) is 2. The van der Waals surface area contributed by atoms with Crippen LogP contribution in [0.25, 0.3) is 0 Å². The molecule has 3 unspecified atom stereocenters. The molecular formula is C18H18FN7O5S2. The molecule has 0 radical (unpaired) electrons. The third-order valence-corrected chi connectivity index (χ3v) is 7.55. The topological polar surface area (TPSA) is 187 Å². The summed E-state index contributed by atoms with van der Waals surface area (Å²) >= 11 is 2.53. The average Bonchev–Trinajstić information content (AvgIpc) is 3.30. The van der Waals surface area contributed by atoms with Gasteiger partial charge in [0.05, 0.1) is 0 Å². The van der Waals surface area contributed by atoms with Gasteiger partial charge < -0.3 is 21.3 Å². The number of aliphatic carboxylic acids is 1. The number of carbonyl (C=O) groups excluding carboxylic acids is 2. The van der Waals surface area contributed by atoms with Crippen molar-refractivity contribution < 1.29 is 29.0 Å². The molecule has 2 aromatic rings. The maximum Gasteiger partial charge on any atom is 0.352 e. The molecule has 2 aliphatic rings. The Balaban J connectivity index is 1.49. The molecule has 4 atom stereocenters. The monoisotopic (exact) mass is 495 g/mol. The summed E-state index contributed by atoms with van der Waals surface area (Å²) in [6, 6.07) is 1.04. The number of phenolic OH excluding ortho intramolecular Hbond substituents is 1. The number of tetrazole rings is 1. The lowest BCUT2D eigenvalue weighted by Gasteiger charge is -2.50. The van der Waals surface area contributed by atoms with Crippen molar-refractivity contribution in [2.24, 2.45) is 5.73 Å². The summed E-state index contributed by atoms with van der Waals surface area (Å²) < 4.78 is 13.6. The van der Waals surface area contributed by atoms with E-state index < -0.39 is 46.8 Å². The molecule has 4 rings (SSSR count). The fourth-order valence-electron chi connectivity index (χ4n) is 3.50. The Morgan fingerprint density at radius 3 is 2.85 bits per heavy atom. The largest absolute Gasteiger partial charge is 0.505 e. The number of benzene rings is 1. The average molecular weight is 496 g/mol. The van der Waals surface area contributed by atoms with Gasteiger partial charge in [-0.25, -0.2) is 14.3 Å². The highest BCUT2D eigenvalue weighted by Gasteiger charge is 2.54. The molecule has 174 valence electrons. The van der Waals surface area contributed by atoms with Crippen LogP contribution in [0.2, 0.25) is 0 Å². The standard InChI is InChI=1S/C18H18FN7O5S2/c1-6(33-18-22-24-25-23-18)8-5-32-16-12(15(29)26(16)13(8)17(30)31)21-14(28)11(20)7-2-3-10(27)9(19)4-7/h2-4,6,11-12,16,27H,5,20H2,1H3,(H,21,28)(H,30,31)(H,22,23,24,25)/t6?,11?,12?,16-/m0/s1. The second-order valence-electron chi connectivity index (χ2n) is 7.23. The SMILES string of the molecule is CC(Sc1nnn[nH]1)C1=C(C(=O)O)N2C(=O)C(NC(=O)C(N)c3ccc(O)c(F)c3)[C@@H]2SC1. The van der Waals surface area contributed by atoms with Crippen molar-refractivity contribution in [3.05, 3.63) is 40.8 Å².